The summed E-state index contributed by atoms with van der Waals surface area (Å²) in [5.74, 6) is -0.750. The Kier molecular flexibility index (Phi) is 5.18. The lowest BCUT2D eigenvalue weighted by molar-refractivity contribution is -0.144. The largest absolute Gasteiger partial charge is 0.451 e. The second-order valence-corrected chi connectivity index (χ2v) is 3.77. The minimum Gasteiger partial charge on any atom is -0.370 e. The van der Waals surface area contributed by atoms with Gasteiger partial charge in [0.2, 0.25) is 5.82 Å². The molecule has 4 nitrogen and oxygen atoms in total. The molecule has 0 radical (unpaired) electrons. The highest BCUT2D eigenvalue weighted by molar-refractivity contribution is 5.47. The third-order valence-electron chi connectivity index (χ3n) is 2.17. The molecule has 0 bridgehead atoms. The van der Waals surface area contributed by atoms with E-state index in [2.05, 4.69) is 20.6 Å². The van der Waals surface area contributed by atoms with E-state index in [-0.39, 0.29) is 11.6 Å². The average molecular weight is 262 g/mol. The van der Waals surface area contributed by atoms with Crippen LogP contribution in [0.3, 0.4) is 0 Å². The van der Waals surface area contributed by atoms with Crippen molar-refractivity contribution in [2.24, 2.45) is 0 Å². The van der Waals surface area contributed by atoms with Gasteiger partial charge in [-0.05, 0) is 13.3 Å². The standard InChI is InChI=1S/C11H17F3N4/c1-3-5-6-16-9-7-8(15-4-2)17-10(18-9)11(12,13)14/h7H,3-6H2,1-2H3,(H2,15,16,17,18). The zero-order chi connectivity index (χ0) is 13.6. The van der Waals surface area contributed by atoms with E-state index in [4.69, 9.17) is 0 Å². The van der Waals surface area contributed by atoms with Crippen molar-refractivity contribution in [3.63, 3.8) is 0 Å². The first kappa shape index (κ1) is 14.5. The van der Waals surface area contributed by atoms with Gasteiger partial charge < -0.3 is 10.6 Å². The summed E-state index contributed by atoms with van der Waals surface area (Å²) in [4.78, 5) is 6.91. The average Bonchev–Trinajstić information content (AvgIpc) is 2.28. The Morgan fingerprint density at radius 1 is 1.11 bits per heavy atom. The smallest absolute Gasteiger partial charge is 0.370 e. The predicted molar refractivity (Wildman–Crippen MR) is 64.6 cm³/mol. The van der Waals surface area contributed by atoms with E-state index in [9.17, 15) is 13.2 Å². The topological polar surface area (TPSA) is 49.8 Å². The first-order valence-corrected chi connectivity index (χ1v) is 5.91. The van der Waals surface area contributed by atoms with Crippen molar-refractivity contribution in [2.45, 2.75) is 32.9 Å². The van der Waals surface area contributed by atoms with Crippen LogP contribution < -0.4 is 10.6 Å². The van der Waals surface area contributed by atoms with Crippen LogP contribution in [0.15, 0.2) is 6.07 Å². The van der Waals surface area contributed by atoms with Crippen LogP contribution in [0, 0.1) is 0 Å². The molecule has 0 atom stereocenters. The third kappa shape index (κ3) is 4.38. The normalized spacial score (nSPS) is 11.4. The number of nitrogens with zero attached hydrogens (tertiary/aromatic N) is 2. The van der Waals surface area contributed by atoms with Crippen LogP contribution in [0.25, 0.3) is 0 Å². The van der Waals surface area contributed by atoms with Crippen molar-refractivity contribution in [1.29, 1.82) is 0 Å². The SMILES string of the molecule is CCCCNc1cc(NCC)nc(C(F)(F)F)n1. The molecule has 1 heterocycles. The molecule has 0 amide bonds. The fourth-order valence-electron chi connectivity index (χ4n) is 1.33. The number of unbranched alkanes of at least 4 members (excludes halogenated alkanes) is 1. The lowest BCUT2D eigenvalue weighted by Crippen LogP contribution is -2.15. The Hall–Kier alpha value is -1.53. The van der Waals surface area contributed by atoms with Crippen molar-refractivity contribution in [1.82, 2.24) is 9.97 Å². The quantitative estimate of drug-likeness (QED) is 0.773. The molecule has 0 unspecified atom stereocenters. The maximum Gasteiger partial charge on any atom is 0.451 e. The van der Waals surface area contributed by atoms with Crippen molar-refractivity contribution in [2.75, 3.05) is 23.7 Å². The van der Waals surface area contributed by atoms with E-state index in [1.807, 2.05) is 6.92 Å². The van der Waals surface area contributed by atoms with Crippen molar-refractivity contribution in [3.05, 3.63) is 11.9 Å². The second-order valence-electron chi connectivity index (χ2n) is 3.77. The molecule has 0 aromatic carbocycles. The van der Waals surface area contributed by atoms with Crippen LogP contribution in [-0.2, 0) is 6.18 Å². The van der Waals surface area contributed by atoms with Gasteiger partial charge >= 0.3 is 6.18 Å². The van der Waals surface area contributed by atoms with E-state index in [0.29, 0.717) is 13.1 Å². The summed E-state index contributed by atoms with van der Waals surface area (Å²) in [6, 6.07) is 1.48. The molecule has 0 fully saturated rings. The summed E-state index contributed by atoms with van der Waals surface area (Å²) >= 11 is 0. The lowest BCUT2D eigenvalue weighted by Gasteiger charge is -2.11. The van der Waals surface area contributed by atoms with Crippen LogP contribution in [0.2, 0.25) is 0 Å². The molecular formula is C11H17F3N4. The lowest BCUT2D eigenvalue weighted by atomic mass is 10.3. The number of anilines is 2. The van der Waals surface area contributed by atoms with Gasteiger partial charge in [0.15, 0.2) is 0 Å². The highest BCUT2D eigenvalue weighted by atomic mass is 19.4. The number of alkyl halides is 3. The van der Waals surface area contributed by atoms with Crippen LogP contribution in [0.4, 0.5) is 24.8 Å². The van der Waals surface area contributed by atoms with Gasteiger partial charge in [0.05, 0.1) is 0 Å². The Labute approximate surface area is 104 Å². The first-order valence-electron chi connectivity index (χ1n) is 5.91. The Bertz CT molecular complexity index is 379. The van der Waals surface area contributed by atoms with Crippen LogP contribution in [-0.4, -0.2) is 23.1 Å². The van der Waals surface area contributed by atoms with Gasteiger partial charge in [-0.1, -0.05) is 13.3 Å². The van der Waals surface area contributed by atoms with Crippen molar-refractivity contribution < 1.29 is 13.2 Å². The van der Waals surface area contributed by atoms with Gasteiger partial charge in [0.1, 0.15) is 11.6 Å². The van der Waals surface area contributed by atoms with Crippen molar-refractivity contribution >= 4 is 11.6 Å². The van der Waals surface area contributed by atoms with Crippen molar-refractivity contribution in [3.8, 4) is 0 Å². The number of halogens is 3. The molecule has 102 valence electrons. The molecular weight excluding hydrogens is 245 g/mol. The van der Waals surface area contributed by atoms with Crippen LogP contribution in [0.5, 0.6) is 0 Å². The zero-order valence-electron chi connectivity index (χ0n) is 10.4. The van der Waals surface area contributed by atoms with E-state index in [1.54, 1.807) is 6.92 Å². The molecule has 2 N–H and O–H groups in total. The Balaban J connectivity index is 2.91. The fraction of sp³-hybridized carbons (Fsp3) is 0.636. The highest BCUT2D eigenvalue weighted by Gasteiger charge is 2.35. The minimum atomic E-state index is -4.54. The van der Waals surface area contributed by atoms with Gasteiger partial charge in [-0.15, -0.1) is 0 Å². The van der Waals surface area contributed by atoms with Gasteiger partial charge in [0, 0.05) is 19.2 Å². The molecule has 0 aliphatic carbocycles. The third-order valence-corrected chi connectivity index (χ3v) is 2.17. The van der Waals surface area contributed by atoms with E-state index in [1.165, 1.54) is 6.07 Å². The molecule has 0 aliphatic heterocycles. The predicted octanol–water partition coefficient (Wildman–Crippen LogP) is 3.14. The molecule has 0 saturated heterocycles. The van der Waals surface area contributed by atoms with Gasteiger partial charge in [0.25, 0.3) is 0 Å². The molecule has 1 rings (SSSR count). The Morgan fingerprint density at radius 2 is 1.72 bits per heavy atom. The molecule has 1 aromatic heterocycles. The maximum atomic E-state index is 12.6. The molecule has 18 heavy (non-hydrogen) atoms. The molecule has 0 spiro atoms. The van der Waals surface area contributed by atoms with Crippen LogP contribution >= 0.6 is 0 Å². The van der Waals surface area contributed by atoms with Gasteiger partial charge in [-0.2, -0.15) is 13.2 Å². The summed E-state index contributed by atoms with van der Waals surface area (Å²) in [6.45, 7) is 4.89. The number of hydrogen-bond acceptors (Lipinski definition) is 4. The number of hydrogen-bond donors (Lipinski definition) is 2. The maximum absolute atomic E-state index is 12.6. The number of nitrogens with one attached hydrogen (secondary N) is 2. The second kappa shape index (κ2) is 6.42. The monoisotopic (exact) mass is 262 g/mol. The Morgan fingerprint density at radius 3 is 2.22 bits per heavy atom. The van der Waals surface area contributed by atoms with E-state index < -0.39 is 12.0 Å². The summed E-state index contributed by atoms with van der Waals surface area (Å²) in [6.07, 6.45) is -2.70. The minimum absolute atomic E-state index is 0.179. The zero-order valence-corrected chi connectivity index (χ0v) is 10.4. The summed E-state index contributed by atoms with van der Waals surface area (Å²) in [7, 11) is 0. The van der Waals surface area contributed by atoms with E-state index in [0.717, 1.165) is 12.8 Å². The van der Waals surface area contributed by atoms with Crippen LogP contribution in [0.1, 0.15) is 32.5 Å². The summed E-state index contributed by atoms with van der Waals surface area (Å²) in [5, 5.41) is 5.63. The fourth-order valence-corrected chi connectivity index (χ4v) is 1.33. The van der Waals surface area contributed by atoms with Gasteiger partial charge in [-0.3, -0.25) is 0 Å². The number of rotatable bonds is 6. The molecule has 7 heteroatoms. The van der Waals surface area contributed by atoms with E-state index >= 15 is 0 Å². The number of aromatic nitrogens is 2. The van der Waals surface area contributed by atoms with Gasteiger partial charge in [-0.25, -0.2) is 9.97 Å². The summed E-state index contributed by atoms with van der Waals surface area (Å²) in [5.41, 5.74) is 0. The molecule has 1 aromatic rings. The first-order chi connectivity index (χ1) is 8.47. The summed E-state index contributed by atoms with van der Waals surface area (Å²) < 4.78 is 37.8. The molecule has 0 aliphatic rings. The highest BCUT2D eigenvalue weighted by Crippen LogP contribution is 2.28. The molecule has 0 saturated carbocycles.